The van der Waals surface area contributed by atoms with Gasteiger partial charge in [-0.2, -0.15) is 0 Å². The lowest BCUT2D eigenvalue weighted by molar-refractivity contribution is -0.131. The summed E-state index contributed by atoms with van der Waals surface area (Å²) in [7, 11) is 1.80. The zero-order valence-electron chi connectivity index (χ0n) is 12.4. The summed E-state index contributed by atoms with van der Waals surface area (Å²) in [6, 6.07) is 4.26. The molecule has 0 aliphatic heterocycles. The van der Waals surface area contributed by atoms with E-state index in [0.29, 0.717) is 25.0 Å². The zero-order valence-corrected chi connectivity index (χ0v) is 12.4. The number of rotatable bonds is 7. The number of amides is 1. The van der Waals surface area contributed by atoms with E-state index in [0.717, 1.165) is 18.4 Å². The fourth-order valence-electron chi connectivity index (χ4n) is 2.11. The Morgan fingerprint density at radius 1 is 1.55 bits per heavy atom. The van der Waals surface area contributed by atoms with Crippen LogP contribution in [-0.2, 0) is 11.3 Å². The first-order valence-electron chi connectivity index (χ1n) is 7.16. The van der Waals surface area contributed by atoms with Crippen LogP contribution in [0.15, 0.2) is 18.3 Å². The molecule has 5 heteroatoms. The summed E-state index contributed by atoms with van der Waals surface area (Å²) >= 11 is 0. The Morgan fingerprint density at radius 3 is 2.90 bits per heavy atom. The molecule has 20 heavy (non-hydrogen) atoms. The van der Waals surface area contributed by atoms with Gasteiger partial charge in [0.05, 0.1) is 12.6 Å². The summed E-state index contributed by atoms with van der Waals surface area (Å²) in [5.74, 6) is 0.771. The number of aromatic nitrogens is 1. The minimum Gasteiger partial charge on any atom is -0.475 e. The van der Waals surface area contributed by atoms with E-state index in [1.165, 1.54) is 0 Å². The molecule has 110 valence electrons. The van der Waals surface area contributed by atoms with Crippen molar-refractivity contribution in [3.63, 3.8) is 0 Å². The van der Waals surface area contributed by atoms with Crippen LogP contribution in [0.1, 0.15) is 32.3 Å². The summed E-state index contributed by atoms with van der Waals surface area (Å²) in [6.45, 7) is 4.96. The van der Waals surface area contributed by atoms with Crippen molar-refractivity contribution < 1.29 is 9.53 Å². The van der Waals surface area contributed by atoms with Gasteiger partial charge >= 0.3 is 0 Å². The molecule has 0 unspecified atom stereocenters. The van der Waals surface area contributed by atoms with Gasteiger partial charge in [0, 0.05) is 24.8 Å². The summed E-state index contributed by atoms with van der Waals surface area (Å²) in [4.78, 5) is 18.2. The van der Waals surface area contributed by atoms with Crippen LogP contribution in [0, 0.1) is 0 Å². The van der Waals surface area contributed by atoms with Crippen LogP contribution in [0.25, 0.3) is 0 Å². The third kappa shape index (κ3) is 4.20. The number of nitrogens with zero attached hydrogens (tertiary/aromatic N) is 2. The van der Waals surface area contributed by atoms with Crippen molar-refractivity contribution in [1.82, 2.24) is 15.2 Å². The molecule has 0 radical (unpaired) electrons. The number of carbonyl (C=O) groups excluding carboxylic acids is 1. The smallest absolute Gasteiger partial charge is 0.237 e. The minimum absolute atomic E-state index is 0.100. The average Bonchev–Trinajstić information content (AvgIpc) is 3.20. The summed E-state index contributed by atoms with van der Waals surface area (Å²) in [5.41, 5.74) is 1.06. The Hall–Kier alpha value is -1.62. The van der Waals surface area contributed by atoms with E-state index >= 15 is 0 Å². The van der Waals surface area contributed by atoms with Gasteiger partial charge in [-0.1, -0.05) is 0 Å². The first kappa shape index (κ1) is 14.8. The number of ether oxygens (including phenoxy) is 1. The van der Waals surface area contributed by atoms with Crippen LogP contribution in [-0.4, -0.2) is 41.5 Å². The fourth-order valence-corrected chi connectivity index (χ4v) is 2.11. The molecule has 1 amide bonds. The van der Waals surface area contributed by atoms with Gasteiger partial charge in [-0.05, 0) is 45.4 Å². The van der Waals surface area contributed by atoms with Crippen molar-refractivity contribution in [3.05, 3.63) is 23.9 Å². The maximum absolute atomic E-state index is 12.1. The maximum Gasteiger partial charge on any atom is 0.237 e. The highest BCUT2D eigenvalue weighted by Gasteiger charge is 2.32. The van der Waals surface area contributed by atoms with Crippen molar-refractivity contribution in [2.75, 3.05) is 13.6 Å². The van der Waals surface area contributed by atoms with Crippen molar-refractivity contribution in [2.24, 2.45) is 0 Å². The predicted octanol–water partition coefficient (Wildman–Crippen LogP) is 1.58. The van der Waals surface area contributed by atoms with Crippen LogP contribution in [0.5, 0.6) is 5.88 Å². The molecule has 0 aromatic carbocycles. The zero-order chi connectivity index (χ0) is 14.5. The van der Waals surface area contributed by atoms with Gasteiger partial charge in [0.15, 0.2) is 0 Å². The summed E-state index contributed by atoms with van der Waals surface area (Å²) < 4.78 is 5.59. The molecule has 1 aromatic heterocycles. The molecule has 1 fully saturated rings. The van der Waals surface area contributed by atoms with E-state index in [-0.39, 0.29) is 12.0 Å². The maximum atomic E-state index is 12.1. The second-order valence-corrected chi connectivity index (χ2v) is 5.45. The Balaban J connectivity index is 2.04. The van der Waals surface area contributed by atoms with Crippen LogP contribution >= 0.6 is 0 Å². The number of pyridine rings is 1. The largest absolute Gasteiger partial charge is 0.475 e. The van der Waals surface area contributed by atoms with Crippen LogP contribution < -0.4 is 10.1 Å². The number of hydrogen-bond donors (Lipinski definition) is 1. The molecule has 0 atom stereocenters. The van der Waals surface area contributed by atoms with Crippen molar-refractivity contribution in [1.29, 1.82) is 0 Å². The Bertz CT molecular complexity index is 458. The first-order valence-corrected chi connectivity index (χ1v) is 7.16. The molecule has 5 nitrogen and oxygen atoms in total. The molecule has 1 N–H and O–H groups in total. The van der Waals surface area contributed by atoms with E-state index in [4.69, 9.17) is 4.74 Å². The van der Waals surface area contributed by atoms with E-state index < -0.39 is 0 Å². The predicted molar refractivity (Wildman–Crippen MR) is 77.5 cm³/mol. The van der Waals surface area contributed by atoms with Gasteiger partial charge in [-0.25, -0.2) is 4.98 Å². The van der Waals surface area contributed by atoms with Gasteiger partial charge in [-0.3, -0.25) is 4.79 Å². The van der Waals surface area contributed by atoms with Crippen LogP contribution in [0.2, 0.25) is 0 Å². The third-order valence-electron chi connectivity index (χ3n) is 3.14. The highest BCUT2D eigenvalue weighted by molar-refractivity contribution is 5.78. The van der Waals surface area contributed by atoms with Gasteiger partial charge in [0.2, 0.25) is 11.8 Å². The normalized spacial score (nSPS) is 14.4. The second-order valence-electron chi connectivity index (χ2n) is 5.45. The second kappa shape index (κ2) is 6.70. The molecule has 0 bridgehead atoms. The molecule has 1 aliphatic carbocycles. The standard InChI is InChI=1S/C15H23N3O2/c1-11(2)20-14-8-12(6-7-17-14)10-18(13-4-5-13)15(19)9-16-3/h6-8,11,13,16H,4-5,9-10H2,1-3H3. The molecular weight excluding hydrogens is 254 g/mol. The van der Waals surface area contributed by atoms with Gasteiger partial charge in [0.1, 0.15) is 0 Å². The average molecular weight is 277 g/mol. The highest BCUT2D eigenvalue weighted by atomic mass is 16.5. The topological polar surface area (TPSA) is 54.5 Å². The molecule has 1 heterocycles. The van der Waals surface area contributed by atoms with Gasteiger partial charge < -0.3 is 15.0 Å². The van der Waals surface area contributed by atoms with E-state index in [9.17, 15) is 4.79 Å². The lowest BCUT2D eigenvalue weighted by Gasteiger charge is -2.22. The first-order chi connectivity index (χ1) is 9.60. The molecule has 1 saturated carbocycles. The molecule has 0 saturated heterocycles. The van der Waals surface area contributed by atoms with Crippen LogP contribution in [0.4, 0.5) is 0 Å². The molecule has 2 rings (SSSR count). The summed E-state index contributed by atoms with van der Waals surface area (Å²) in [5, 5.41) is 2.93. The number of hydrogen-bond acceptors (Lipinski definition) is 4. The van der Waals surface area contributed by atoms with Crippen molar-refractivity contribution in [2.45, 2.75) is 45.4 Å². The van der Waals surface area contributed by atoms with Crippen molar-refractivity contribution in [3.8, 4) is 5.88 Å². The molecule has 1 aromatic rings. The Kier molecular flexibility index (Phi) is 4.95. The van der Waals surface area contributed by atoms with E-state index in [2.05, 4.69) is 10.3 Å². The van der Waals surface area contributed by atoms with Gasteiger partial charge in [-0.15, -0.1) is 0 Å². The number of carbonyl (C=O) groups is 1. The SMILES string of the molecule is CNCC(=O)N(Cc1ccnc(OC(C)C)c1)C1CC1. The quantitative estimate of drug-likeness (QED) is 0.822. The van der Waals surface area contributed by atoms with Crippen LogP contribution in [0.3, 0.4) is 0 Å². The lowest BCUT2D eigenvalue weighted by Crippen LogP contribution is -2.38. The Morgan fingerprint density at radius 2 is 2.30 bits per heavy atom. The molecule has 0 spiro atoms. The minimum atomic E-state index is 0.100. The number of likely N-dealkylation sites (N-methyl/N-ethyl adjacent to an activating group) is 1. The van der Waals surface area contributed by atoms with Crippen molar-refractivity contribution >= 4 is 5.91 Å². The lowest BCUT2D eigenvalue weighted by atomic mass is 10.2. The number of nitrogens with one attached hydrogen (secondary N) is 1. The molecular formula is C15H23N3O2. The van der Waals surface area contributed by atoms with Gasteiger partial charge in [0.25, 0.3) is 0 Å². The third-order valence-corrected chi connectivity index (χ3v) is 3.14. The summed E-state index contributed by atoms with van der Waals surface area (Å²) in [6.07, 6.45) is 4.05. The van der Waals surface area contributed by atoms with E-state index in [1.807, 2.05) is 30.9 Å². The monoisotopic (exact) mass is 277 g/mol. The van der Waals surface area contributed by atoms with E-state index in [1.54, 1.807) is 13.2 Å². The molecule has 1 aliphatic rings. The Labute approximate surface area is 120 Å². The highest BCUT2D eigenvalue weighted by Crippen LogP contribution is 2.28. The fraction of sp³-hybridized carbons (Fsp3) is 0.600.